The van der Waals surface area contributed by atoms with E-state index < -0.39 is 7.25 Å². The number of nitrogens with zero attached hydrogens (tertiary/aromatic N) is 2. The Balaban J connectivity index is 0.000000368. The lowest BCUT2D eigenvalue weighted by molar-refractivity contribution is -0.662. The number of benzene rings is 2. The van der Waals surface area contributed by atoms with Crippen LogP contribution in [0.4, 0.5) is 17.3 Å². The van der Waals surface area contributed by atoms with Crippen LogP contribution < -0.4 is 4.57 Å². The van der Waals surface area contributed by atoms with Crippen molar-refractivity contribution in [2.45, 2.75) is 6.54 Å². The fraction of sp³-hybridized carbons (Fsp3) is 0.0588. The third-order valence-corrected chi connectivity index (χ3v) is 3.18. The minimum absolute atomic E-state index is 0.689. The van der Waals surface area contributed by atoms with Gasteiger partial charge in [-0.15, -0.1) is 0 Å². The van der Waals surface area contributed by atoms with Crippen LogP contribution in [0, 0.1) is 11.3 Å². The molecule has 0 radical (unpaired) electrons. The van der Waals surface area contributed by atoms with Crippen molar-refractivity contribution in [3.8, 4) is 6.07 Å². The maximum Gasteiger partial charge on any atom is 0.673 e. The van der Waals surface area contributed by atoms with Crippen molar-refractivity contribution in [2.75, 3.05) is 0 Å². The summed E-state index contributed by atoms with van der Waals surface area (Å²) in [6, 6.07) is 22.6. The summed E-state index contributed by atoms with van der Waals surface area (Å²) in [6.45, 7) is 0.775. The zero-order chi connectivity index (χ0) is 17.6. The standard InChI is InChI=1S/C17H13N2.BF4/c18-11-15-10-16-8-4-5-9-17(16)19(13-15)12-14-6-2-1-3-7-14;2-1(3,4)5/h1-10,13H,12H2;/q+1;-1. The Morgan fingerprint density at radius 1 is 0.917 bits per heavy atom. The van der Waals surface area contributed by atoms with E-state index in [0.29, 0.717) is 5.56 Å². The van der Waals surface area contributed by atoms with Gasteiger partial charge in [-0.1, -0.05) is 42.5 Å². The summed E-state index contributed by atoms with van der Waals surface area (Å²) in [6.07, 6.45) is 1.91. The summed E-state index contributed by atoms with van der Waals surface area (Å²) in [5.74, 6) is 0. The summed E-state index contributed by atoms with van der Waals surface area (Å²) in [4.78, 5) is 0. The molecule has 0 unspecified atom stereocenters. The van der Waals surface area contributed by atoms with Crippen molar-refractivity contribution in [2.24, 2.45) is 0 Å². The first kappa shape index (κ1) is 17.5. The van der Waals surface area contributed by atoms with Gasteiger partial charge < -0.3 is 17.3 Å². The molecule has 0 atom stereocenters. The predicted molar refractivity (Wildman–Crippen MR) is 84.6 cm³/mol. The molecule has 2 aromatic carbocycles. The first-order valence-corrected chi connectivity index (χ1v) is 7.10. The quantitative estimate of drug-likeness (QED) is 0.390. The molecule has 0 aliphatic rings. The minimum Gasteiger partial charge on any atom is -0.418 e. The summed E-state index contributed by atoms with van der Waals surface area (Å²) in [5.41, 5.74) is 3.06. The van der Waals surface area contributed by atoms with Crippen molar-refractivity contribution in [3.05, 3.63) is 78.0 Å². The van der Waals surface area contributed by atoms with E-state index in [9.17, 15) is 17.3 Å². The van der Waals surface area contributed by atoms with Gasteiger partial charge in [0.15, 0.2) is 12.7 Å². The molecule has 3 rings (SSSR count). The third kappa shape index (κ3) is 5.40. The maximum atomic E-state index is 9.75. The molecule has 0 aliphatic carbocycles. The molecule has 1 heterocycles. The molecule has 0 amide bonds. The number of aromatic nitrogens is 1. The van der Waals surface area contributed by atoms with Gasteiger partial charge in [0.05, 0.1) is 0 Å². The van der Waals surface area contributed by atoms with Gasteiger partial charge in [0.25, 0.3) is 0 Å². The first-order valence-electron chi connectivity index (χ1n) is 7.10. The lowest BCUT2D eigenvalue weighted by Crippen LogP contribution is -2.35. The van der Waals surface area contributed by atoms with Gasteiger partial charge in [0, 0.05) is 17.0 Å². The number of nitriles is 1. The van der Waals surface area contributed by atoms with Gasteiger partial charge in [0.1, 0.15) is 11.6 Å². The van der Waals surface area contributed by atoms with E-state index in [2.05, 4.69) is 28.8 Å². The molecule has 0 saturated heterocycles. The number of hydrogen-bond acceptors (Lipinski definition) is 1. The zero-order valence-corrected chi connectivity index (χ0v) is 12.5. The largest absolute Gasteiger partial charge is 0.673 e. The van der Waals surface area contributed by atoms with E-state index in [1.165, 1.54) is 5.56 Å². The molecule has 0 aliphatic heterocycles. The van der Waals surface area contributed by atoms with E-state index in [1.54, 1.807) is 0 Å². The van der Waals surface area contributed by atoms with Crippen molar-refractivity contribution < 1.29 is 21.8 Å². The Bertz CT molecular complexity index is 852. The molecule has 2 nitrogen and oxygen atoms in total. The molecule has 122 valence electrons. The molecule has 0 N–H and O–H groups in total. The first-order chi connectivity index (χ1) is 11.4. The molecule has 0 fully saturated rings. The summed E-state index contributed by atoms with van der Waals surface area (Å²) >= 11 is 0. The SMILES string of the molecule is F[B-](F)(F)F.N#Cc1cc2ccccc2[n+](Cc2ccccc2)c1. The fourth-order valence-electron chi connectivity index (χ4n) is 2.29. The van der Waals surface area contributed by atoms with Gasteiger partial charge in [-0.2, -0.15) is 9.83 Å². The van der Waals surface area contributed by atoms with Crippen LogP contribution in [0.1, 0.15) is 11.1 Å². The average Bonchev–Trinajstić information content (AvgIpc) is 2.54. The molecular weight excluding hydrogens is 319 g/mol. The Morgan fingerprint density at radius 3 is 2.12 bits per heavy atom. The van der Waals surface area contributed by atoms with Gasteiger partial charge in [-0.3, -0.25) is 0 Å². The summed E-state index contributed by atoms with van der Waals surface area (Å²) in [5, 5.41) is 10.2. The number of hydrogen-bond donors (Lipinski definition) is 0. The second-order valence-corrected chi connectivity index (χ2v) is 5.01. The molecule has 0 bridgehead atoms. The van der Waals surface area contributed by atoms with Crippen molar-refractivity contribution >= 4 is 18.2 Å². The van der Waals surface area contributed by atoms with Crippen molar-refractivity contribution in [1.82, 2.24) is 0 Å². The van der Waals surface area contributed by atoms with Crippen molar-refractivity contribution in [1.29, 1.82) is 5.26 Å². The molecule has 7 heteroatoms. The van der Waals surface area contributed by atoms with Crippen molar-refractivity contribution in [3.63, 3.8) is 0 Å². The Labute approximate surface area is 136 Å². The monoisotopic (exact) mass is 332 g/mol. The van der Waals surface area contributed by atoms with E-state index >= 15 is 0 Å². The Hall–Kier alpha value is -2.88. The third-order valence-electron chi connectivity index (χ3n) is 3.18. The molecular formula is C17H13BF4N2. The number of fused-ring (bicyclic) bond motifs is 1. The van der Waals surface area contributed by atoms with Crippen LogP contribution in [0.15, 0.2) is 66.9 Å². The van der Waals surface area contributed by atoms with Crippen LogP contribution in [-0.4, -0.2) is 7.25 Å². The summed E-state index contributed by atoms with van der Waals surface area (Å²) < 4.78 is 41.1. The number of pyridine rings is 1. The number of para-hydroxylation sites is 1. The van der Waals surface area contributed by atoms with Crippen LogP contribution in [0.5, 0.6) is 0 Å². The van der Waals surface area contributed by atoms with Crippen LogP contribution in [0.2, 0.25) is 0 Å². The smallest absolute Gasteiger partial charge is 0.418 e. The van der Waals surface area contributed by atoms with Crippen LogP contribution in [-0.2, 0) is 6.54 Å². The van der Waals surface area contributed by atoms with E-state index in [4.69, 9.17) is 5.26 Å². The second kappa shape index (κ2) is 7.60. The van der Waals surface area contributed by atoms with Crippen LogP contribution in [0.3, 0.4) is 0 Å². The highest BCUT2D eigenvalue weighted by Gasteiger charge is 2.20. The average molecular weight is 332 g/mol. The molecule has 0 saturated carbocycles. The van der Waals surface area contributed by atoms with Crippen LogP contribution in [0.25, 0.3) is 10.9 Å². The van der Waals surface area contributed by atoms with E-state index in [-0.39, 0.29) is 0 Å². The van der Waals surface area contributed by atoms with E-state index in [1.807, 2.05) is 48.7 Å². The Morgan fingerprint density at radius 2 is 1.50 bits per heavy atom. The van der Waals surface area contributed by atoms with E-state index in [0.717, 1.165) is 17.4 Å². The molecule has 24 heavy (non-hydrogen) atoms. The highest BCUT2D eigenvalue weighted by atomic mass is 19.5. The van der Waals surface area contributed by atoms with Gasteiger partial charge in [-0.25, -0.2) is 0 Å². The Kier molecular flexibility index (Phi) is 5.53. The lowest BCUT2D eigenvalue weighted by Gasteiger charge is -2.02. The molecule has 0 spiro atoms. The minimum atomic E-state index is -6.00. The highest BCUT2D eigenvalue weighted by molar-refractivity contribution is 6.50. The van der Waals surface area contributed by atoms with Gasteiger partial charge in [-0.05, 0) is 12.1 Å². The second-order valence-electron chi connectivity index (χ2n) is 5.01. The van der Waals surface area contributed by atoms with Gasteiger partial charge >= 0.3 is 7.25 Å². The lowest BCUT2D eigenvalue weighted by atomic mass is 10.1. The topological polar surface area (TPSA) is 27.7 Å². The molecule has 1 aromatic heterocycles. The normalized spacial score (nSPS) is 10.6. The maximum absolute atomic E-state index is 9.75. The number of halogens is 4. The highest BCUT2D eigenvalue weighted by Crippen LogP contribution is 2.12. The zero-order valence-electron chi connectivity index (χ0n) is 12.5. The number of rotatable bonds is 2. The fourth-order valence-corrected chi connectivity index (χ4v) is 2.29. The predicted octanol–water partition coefficient (Wildman–Crippen LogP) is 4.35. The van der Waals surface area contributed by atoms with Crippen LogP contribution >= 0.6 is 0 Å². The molecule has 3 aromatic rings. The summed E-state index contributed by atoms with van der Waals surface area (Å²) in [7, 11) is -6.00. The van der Waals surface area contributed by atoms with Gasteiger partial charge in [0.2, 0.25) is 5.52 Å².